The van der Waals surface area contributed by atoms with Gasteiger partial charge in [0.05, 0.1) is 12.3 Å². The van der Waals surface area contributed by atoms with Gasteiger partial charge >= 0.3 is 17.9 Å². The van der Waals surface area contributed by atoms with Crippen LogP contribution in [0.15, 0.2) is 0 Å². The van der Waals surface area contributed by atoms with Crippen LogP contribution in [0.5, 0.6) is 0 Å². The molecule has 6 heteroatoms. The van der Waals surface area contributed by atoms with E-state index in [9.17, 15) is 14.4 Å². The molecule has 2 N–H and O–H groups in total. The van der Waals surface area contributed by atoms with Gasteiger partial charge in [0.2, 0.25) is 5.60 Å². The Morgan fingerprint density at radius 2 is 2.07 bits per heavy atom. The summed E-state index contributed by atoms with van der Waals surface area (Å²) in [7, 11) is 0. The Bertz CT molecular complexity index is 296. The topological polar surface area (TPSA) is 101 Å². The molecule has 1 heterocycles. The first-order chi connectivity index (χ1) is 6.35. The van der Waals surface area contributed by atoms with Crippen molar-refractivity contribution in [3.05, 3.63) is 0 Å². The van der Waals surface area contributed by atoms with Crippen molar-refractivity contribution in [2.45, 2.75) is 25.4 Å². The van der Waals surface area contributed by atoms with Crippen LogP contribution in [0, 0.1) is 5.92 Å². The number of ether oxygens (including phenoxy) is 1. The van der Waals surface area contributed by atoms with E-state index in [0.717, 1.165) is 0 Å². The Balaban J connectivity index is 2.87. The molecule has 14 heavy (non-hydrogen) atoms. The molecular weight excluding hydrogens is 192 g/mol. The third-order valence-corrected chi connectivity index (χ3v) is 2.19. The summed E-state index contributed by atoms with van der Waals surface area (Å²) in [6, 6.07) is 0. The van der Waals surface area contributed by atoms with Crippen molar-refractivity contribution in [3.63, 3.8) is 0 Å². The van der Waals surface area contributed by atoms with Crippen LogP contribution in [0.3, 0.4) is 0 Å². The van der Waals surface area contributed by atoms with Gasteiger partial charge in [-0.05, 0) is 6.92 Å². The number of cyclic esters (lactones) is 1. The predicted molar refractivity (Wildman–Crippen MR) is 42.5 cm³/mol. The average molecular weight is 202 g/mol. The van der Waals surface area contributed by atoms with Crippen LogP contribution < -0.4 is 0 Å². The van der Waals surface area contributed by atoms with E-state index in [1.807, 2.05) is 0 Å². The number of carboxylic acids is 2. The third kappa shape index (κ3) is 1.84. The summed E-state index contributed by atoms with van der Waals surface area (Å²) in [6.45, 7) is 1.20. The van der Waals surface area contributed by atoms with Crippen LogP contribution in [-0.4, -0.2) is 33.7 Å². The van der Waals surface area contributed by atoms with Gasteiger partial charge in [0.25, 0.3) is 0 Å². The van der Waals surface area contributed by atoms with E-state index in [-0.39, 0.29) is 12.8 Å². The zero-order valence-corrected chi connectivity index (χ0v) is 7.52. The predicted octanol–water partition coefficient (Wildman–Crippen LogP) is -0.133. The van der Waals surface area contributed by atoms with Gasteiger partial charge in [-0.1, -0.05) is 0 Å². The highest BCUT2D eigenvalue weighted by atomic mass is 16.6. The van der Waals surface area contributed by atoms with E-state index in [0.29, 0.717) is 0 Å². The second-order valence-electron chi connectivity index (χ2n) is 3.45. The van der Waals surface area contributed by atoms with Crippen molar-refractivity contribution in [2.75, 3.05) is 0 Å². The normalized spacial score (nSPS) is 32.1. The quantitative estimate of drug-likeness (QED) is 0.605. The lowest BCUT2D eigenvalue weighted by molar-refractivity contribution is -0.188. The van der Waals surface area contributed by atoms with Crippen molar-refractivity contribution in [2.24, 2.45) is 5.92 Å². The highest BCUT2D eigenvalue weighted by Crippen LogP contribution is 2.30. The first kappa shape index (κ1) is 10.5. The largest absolute Gasteiger partial charge is 0.481 e. The minimum absolute atomic E-state index is 0.191. The van der Waals surface area contributed by atoms with Crippen LogP contribution in [0.25, 0.3) is 0 Å². The smallest absolute Gasteiger partial charge is 0.347 e. The fourth-order valence-electron chi connectivity index (χ4n) is 1.38. The standard InChI is InChI=1S/C8H10O6/c1-8(7(12)13)3-4(6(10)11)2-5(9)14-8/h4H,2-3H2,1H3,(H,10,11)(H,12,13). The molecule has 0 aromatic rings. The molecule has 0 aromatic carbocycles. The molecular formula is C8H10O6. The Morgan fingerprint density at radius 1 is 1.50 bits per heavy atom. The summed E-state index contributed by atoms with van der Waals surface area (Å²) in [6.07, 6.45) is -0.457. The van der Waals surface area contributed by atoms with Gasteiger partial charge in [-0.25, -0.2) is 4.79 Å². The van der Waals surface area contributed by atoms with E-state index < -0.39 is 29.4 Å². The molecule has 1 saturated heterocycles. The van der Waals surface area contributed by atoms with E-state index in [1.54, 1.807) is 0 Å². The highest BCUT2D eigenvalue weighted by Gasteiger charge is 2.46. The molecule has 0 radical (unpaired) electrons. The second-order valence-corrected chi connectivity index (χ2v) is 3.45. The molecule has 0 aromatic heterocycles. The van der Waals surface area contributed by atoms with Gasteiger partial charge in [0.15, 0.2) is 0 Å². The van der Waals surface area contributed by atoms with Gasteiger partial charge in [-0.3, -0.25) is 9.59 Å². The Morgan fingerprint density at radius 3 is 2.50 bits per heavy atom. The minimum atomic E-state index is -1.71. The fraction of sp³-hybridized carbons (Fsp3) is 0.625. The molecule has 2 atom stereocenters. The minimum Gasteiger partial charge on any atom is -0.481 e. The zero-order chi connectivity index (χ0) is 10.9. The van der Waals surface area contributed by atoms with E-state index >= 15 is 0 Å². The average Bonchev–Trinajstić information content (AvgIpc) is 2.02. The molecule has 0 aliphatic carbocycles. The zero-order valence-electron chi connectivity index (χ0n) is 7.52. The monoisotopic (exact) mass is 202 g/mol. The molecule has 1 aliphatic heterocycles. The molecule has 1 aliphatic rings. The lowest BCUT2D eigenvalue weighted by Crippen LogP contribution is -2.47. The Labute approximate surface area is 79.5 Å². The van der Waals surface area contributed by atoms with Crippen LogP contribution >= 0.6 is 0 Å². The van der Waals surface area contributed by atoms with E-state index in [4.69, 9.17) is 10.2 Å². The molecule has 0 saturated carbocycles. The number of carbonyl (C=O) groups is 3. The van der Waals surface area contributed by atoms with Crippen molar-refractivity contribution in [1.29, 1.82) is 0 Å². The summed E-state index contributed by atoms with van der Waals surface area (Å²) in [5.41, 5.74) is -1.71. The lowest BCUT2D eigenvalue weighted by atomic mass is 9.87. The first-order valence-electron chi connectivity index (χ1n) is 4.03. The van der Waals surface area contributed by atoms with Crippen LogP contribution in [0.1, 0.15) is 19.8 Å². The first-order valence-corrected chi connectivity index (χ1v) is 4.03. The number of esters is 1. The highest BCUT2D eigenvalue weighted by molar-refractivity contribution is 5.87. The summed E-state index contributed by atoms with van der Waals surface area (Å²) in [5, 5.41) is 17.4. The van der Waals surface area contributed by atoms with Gasteiger partial charge in [-0.15, -0.1) is 0 Å². The van der Waals surface area contributed by atoms with Crippen LogP contribution in [0.2, 0.25) is 0 Å². The second kappa shape index (κ2) is 3.28. The molecule has 6 nitrogen and oxygen atoms in total. The third-order valence-electron chi connectivity index (χ3n) is 2.19. The van der Waals surface area contributed by atoms with Gasteiger partial charge in [-0.2, -0.15) is 0 Å². The molecule has 1 fully saturated rings. The SMILES string of the molecule is CC1(C(=O)O)CC(C(=O)O)CC(=O)O1. The van der Waals surface area contributed by atoms with E-state index in [2.05, 4.69) is 4.74 Å². The fourth-order valence-corrected chi connectivity index (χ4v) is 1.38. The molecule has 1 rings (SSSR count). The molecule has 0 amide bonds. The number of rotatable bonds is 2. The lowest BCUT2D eigenvalue weighted by Gasteiger charge is -2.32. The van der Waals surface area contributed by atoms with Crippen molar-refractivity contribution >= 4 is 17.9 Å². The number of aliphatic carboxylic acids is 2. The van der Waals surface area contributed by atoms with Gasteiger partial charge < -0.3 is 14.9 Å². The van der Waals surface area contributed by atoms with Crippen LogP contribution in [-0.2, 0) is 19.1 Å². The molecule has 0 bridgehead atoms. The van der Waals surface area contributed by atoms with Crippen molar-refractivity contribution in [3.8, 4) is 0 Å². The summed E-state index contributed by atoms with van der Waals surface area (Å²) in [5.74, 6) is -4.25. The number of carboxylic acid groups (broad SMARTS) is 2. The summed E-state index contributed by atoms with van der Waals surface area (Å²) >= 11 is 0. The molecule has 0 spiro atoms. The maximum atomic E-state index is 10.9. The van der Waals surface area contributed by atoms with Crippen molar-refractivity contribution in [1.82, 2.24) is 0 Å². The molecule has 2 unspecified atom stereocenters. The maximum absolute atomic E-state index is 10.9. The Hall–Kier alpha value is -1.59. The van der Waals surface area contributed by atoms with Crippen molar-refractivity contribution < 1.29 is 29.3 Å². The van der Waals surface area contributed by atoms with Gasteiger partial charge in [0, 0.05) is 6.42 Å². The number of hydrogen-bond acceptors (Lipinski definition) is 4. The number of carbonyl (C=O) groups excluding carboxylic acids is 1. The van der Waals surface area contributed by atoms with Gasteiger partial charge in [0.1, 0.15) is 0 Å². The maximum Gasteiger partial charge on any atom is 0.347 e. The summed E-state index contributed by atoms with van der Waals surface area (Å²) < 4.78 is 4.61. The van der Waals surface area contributed by atoms with Crippen LogP contribution in [0.4, 0.5) is 0 Å². The molecule has 78 valence electrons. The Kier molecular flexibility index (Phi) is 2.46. The van der Waals surface area contributed by atoms with E-state index in [1.165, 1.54) is 6.92 Å². The number of hydrogen-bond donors (Lipinski definition) is 2. The summed E-state index contributed by atoms with van der Waals surface area (Å²) in [4.78, 5) is 32.3.